The molecular formula is C13H25N3O4. The zero-order valence-electron chi connectivity index (χ0n) is 12.4. The molecule has 1 fully saturated rings. The molecule has 1 aliphatic heterocycles. The first-order valence-electron chi connectivity index (χ1n) is 6.84. The van der Waals surface area contributed by atoms with Crippen molar-refractivity contribution < 1.29 is 19.8 Å². The number of urea groups is 1. The summed E-state index contributed by atoms with van der Waals surface area (Å²) in [6.45, 7) is 2.99. The average molecular weight is 287 g/mol. The number of carbonyl (C=O) groups is 2. The molecule has 0 aliphatic carbocycles. The van der Waals surface area contributed by atoms with Gasteiger partial charge in [0.25, 0.3) is 0 Å². The number of carbonyl (C=O) groups excluding carboxylic acids is 1. The number of carboxylic acid groups (broad SMARTS) is 1. The highest BCUT2D eigenvalue weighted by Crippen LogP contribution is 2.15. The van der Waals surface area contributed by atoms with Crippen LogP contribution in [0, 0.1) is 0 Å². The molecule has 116 valence electrons. The van der Waals surface area contributed by atoms with Crippen molar-refractivity contribution >= 4 is 12.0 Å². The maximum atomic E-state index is 11.9. The first kappa shape index (κ1) is 16.7. The van der Waals surface area contributed by atoms with E-state index in [1.807, 2.05) is 7.05 Å². The molecule has 0 aromatic heterocycles. The molecular weight excluding hydrogens is 262 g/mol. The van der Waals surface area contributed by atoms with Crippen LogP contribution in [0.2, 0.25) is 0 Å². The highest BCUT2D eigenvalue weighted by Gasteiger charge is 2.27. The van der Waals surface area contributed by atoms with Gasteiger partial charge in [0.05, 0.1) is 12.0 Å². The van der Waals surface area contributed by atoms with E-state index >= 15 is 0 Å². The van der Waals surface area contributed by atoms with E-state index in [2.05, 4.69) is 10.2 Å². The van der Waals surface area contributed by atoms with Gasteiger partial charge in [-0.25, -0.2) is 4.79 Å². The SMILES string of the molecule is CN(CC1CCCN1C)C(=O)NCC(C)(O)CC(=O)O. The first-order valence-corrected chi connectivity index (χ1v) is 6.84. The van der Waals surface area contributed by atoms with Gasteiger partial charge in [0.1, 0.15) is 0 Å². The zero-order chi connectivity index (χ0) is 15.3. The fraction of sp³-hybridized carbons (Fsp3) is 0.846. The van der Waals surface area contributed by atoms with Gasteiger partial charge in [0.15, 0.2) is 0 Å². The Labute approximate surface area is 119 Å². The second-order valence-electron chi connectivity index (χ2n) is 5.88. The fourth-order valence-electron chi connectivity index (χ4n) is 2.40. The first-order chi connectivity index (χ1) is 9.21. The molecule has 1 rings (SSSR count). The van der Waals surface area contributed by atoms with Crippen molar-refractivity contribution in [3.05, 3.63) is 0 Å². The Bertz CT molecular complexity index is 360. The maximum Gasteiger partial charge on any atom is 0.317 e. The van der Waals surface area contributed by atoms with Crippen LogP contribution in [0.3, 0.4) is 0 Å². The quantitative estimate of drug-likeness (QED) is 0.637. The average Bonchev–Trinajstić information content (AvgIpc) is 2.70. The Morgan fingerprint density at radius 2 is 2.15 bits per heavy atom. The van der Waals surface area contributed by atoms with Gasteiger partial charge in [0, 0.05) is 26.2 Å². The molecule has 2 amide bonds. The summed E-state index contributed by atoms with van der Waals surface area (Å²) in [5, 5.41) is 21.0. The van der Waals surface area contributed by atoms with Crippen LogP contribution in [0.5, 0.6) is 0 Å². The minimum Gasteiger partial charge on any atom is -0.481 e. The largest absolute Gasteiger partial charge is 0.481 e. The molecule has 2 unspecified atom stereocenters. The molecule has 0 radical (unpaired) electrons. The Kier molecular flexibility index (Phi) is 5.76. The second kappa shape index (κ2) is 6.90. The number of hydrogen-bond acceptors (Lipinski definition) is 4. The van der Waals surface area contributed by atoms with Gasteiger partial charge < -0.3 is 25.3 Å². The van der Waals surface area contributed by atoms with E-state index in [-0.39, 0.29) is 12.6 Å². The van der Waals surface area contributed by atoms with E-state index < -0.39 is 18.0 Å². The number of amides is 2. The van der Waals surface area contributed by atoms with Crippen LogP contribution in [-0.4, -0.2) is 77.4 Å². The van der Waals surface area contributed by atoms with E-state index in [9.17, 15) is 14.7 Å². The molecule has 3 N–H and O–H groups in total. The second-order valence-corrected chi connectivity index (χ2v) is 5.88. The number of nitrogens with zero attached hydrogens (tertiary/aromatic N) is 2. The lowest BCUT2D eigenvalue weighted by Gasteiger charge is -2.28. The van der Waals surface area contributed by atoms with Gasteiger partial charge in [0.2, 0.25) is 0 Å². The normalized spacial score (nSPS) is 22.3. The highest BCUT2D eigenvalue weighted by atomic mass is 16.4. The summed E-state index contributed by atoms with van der Waals surface area (Å²) < 4.78 is 0. The number of likely N-dealkylation sites (tertiary alicyclic amines) is 1. The lowest BCUT2D eigenvalue weighted by molar-refractivity contribution is -0.141. The molecule has 0 spiro atoms. The predicted molar refractivity (Wildman–Crippen MR) is 74.6 cm³/mol. The third-order valence-electron chi connectivity index (χ3n) is 3.66. The molecule has 0 aromatic carbocycles. The van der Waals surface area contributed by atoms with Gasteiger partial charge in [-0.1, -0.05) is 0 Å². The van der Waals surface area contributed by atoms with E-state index in [1.165, 1.54) is 6.92 Å². The molecule has 1 heterocycles. The summed E-state index contributed by atoms with van der Waals surface area (Å²) in [6, 6.07) is 0.0706. The van der Waals surface area contributed by atoms with Crippen molar-refractivity contribution in [3.63, 3.8) is 0 Å². The molecule has 0 aromatic rings. The Morgan fingerprint density at radius 3 is 2.65 bits per heavy atom. The third kappa shape index (κ3) is 5.34. The van der Waals surface area contributed by atoms with Crippen molar-refractivity contribution in [3.8, 4) is 0 Å². The van der Waals surface area contributed by atoms with Gasteiger partial charge in [-0.15, -0.1) is 0 Å². The van der Waals surface area contributed by atoms with E-state index in [4.69, 9.17) is 5.11 Å². The summed E-state index contributed by atoms with van der Waals surface area (Å²) in [5.74, 6) is -1.09. The van der Waals surface area contributed by atoms with Gasteiger partial charge in [-0.05, 0) is 33.4 Å². The predicted octanol–water partition coefficient (Wildman–Crippen LogP) is -0.0523. The fourth-order valence-corrected chi connectivity index (χ4v) is 2.40. The highest BCUT2D eigenvalue weighted by molar-refractivity contribution is 5.74. The lowest BCUT2D eigenvalue weighted by Crippen LogP contribution is -2.48. The standard InChI is InChI=1S/C13H25N3O4/c1-13(20,7-11(17)18)9-14-12(19)16(3)8-10-5-4-6-15(10)2/h10,20H,4-9H2,1-3H3,(H,14,19)(H,17,18). The summed E-state index contributed by atoms with van der Waals surface area (Å²) in [6.07, 6.45) is 1.82. The smallest absolute Gasteiger partial charge is 0.317 e. The van der Waals surface area contributed by atoms with Gasteiger partial charge in [-0.3, -0.25) is 4.79 Å². The number of likely N-dealkylation sites (N-methyl/N-ethyl adjacent to an activating group) is 2. The van der Waals surface area contributed by atoms with Crippen molar-refractivity contribution in [2.75, 3.05) is 33.7 Å². The molecule has 1 saturated heterocycles. The number of aliphatic carboxylic acids is 1. The summed E-state index contributed by atoms with van der Waals surface area (Å²) in [4.78, 5) is 26.3. The molecule has 0 saturated carbocycles. The lowest BCUT2D eigenvalue weighted by atomic mass is 10.0. The summed E-state index contributed by atoms with van der Waals surface area (Å²) in [7, 11) is 3.74. The number of aliphatic hydroxyl groups is 1. The van der Waals surface area contributed by atoms with Crippen molar-refractivity contribution in [1.29, 1.82) is 0 Å². The van der Waals surface area contributed by atoms with Crippen LogP contribution in [0.25, 0.3) is 0 Å². The molecule has 20 heavy (non-hydrogen) atoms. The molecule has 1 aliphatic rings. The van der Waals surface area contributed by atoms with Crippen molar-refractivity contribution in [2.24, 2.45) is 0 Å². The summed E-state index contributed by atoms with van der Waals surface area (Å²) >= 11 is 0. The minimum absolute atomic E-state index is 0.0804. The van der Waals surface area contributed by atoms with Crippen LogP contribution >= 0.6 is 0 Å². The molecule has 7 nitrogen and oxygen atoms in total. The van der Waals surface area contributed by atoms with Gasteiger partial charge in [-0.2, -0.15) is 0 Å². The maximum absolute atomic E-state index is 11.9. The Hall–Kier alpha value is -1.34. The molecule has 7 heteroatoms. The third-order valence-corrected chi connectivity index (χ3v) is 3.66. The molecule has 2 atom stereocenters. The van der Waals surface area contributed by atoms with Crippen LogP contribution < -0.4 is 5.32 Å². The number of carboxylic acids is 1. The minimum atomic E-state index is -1.44. The van der Waals surface area contributed by atoms with Crippen molar-refractivity contribution in [1.82, 2.24) is 15.1 Å². The van der Waals surface area contributed by atoms with Crippen molar-refractivity contribution in [2.45, 2.75) is 37.8 Å². The monoisotopic (exact) mass is 287 g/mol. The van der Waals surface area contributed by atoms with E-state index in [1.54, 1.807) is 11.9 Å². The summed E-state index contributed by atoms with van der Waals surface area (Å²) in [5.41, 5.74) is -1.44. The van der Waals surface area contributed by atoms with Gasteiger partial charge >= 0.3 is 12.0 Å². The van der Waals surface area contributed by atoms with Crippen LogP contribution in [0.4, 0.5) is 4.79 Å². The zero-order valence-corrected chi connectivity index (χ0v) is 12.4. The Morgan fingerprint density at radius 1 is 1.50 bits per heavy atom. The van der Waals surface area contributed by atoms with Crippen LogP contribution in [0.1, 0.15) is 26.2 Å². The molecule has 0 bridgehead atoms. The number of hydrogen-bond donors (Lipinski definition) is 3. The van der Waals surface area contributed by atoms with Crippen LogP contribution in [-0.2, 0) is 4.79 Å². The van der Waals surface area contributed by atoms with E-state index in [0.29, 0.717) is 12.6 Å². The Balaban J connectivity index is 2.36. The van der Waals surface area contributed by atoms with E-state index in [0.717, 1.165) is 19.4 Å². The number of rotatable bonds is 6. The number of nitrogens with one attached hydrogen (secondary N) is 1. The topological polar surface area (TPSA) is 93.1 Å². The van der Waals surface area contributed by atoms with Crippen LogP contribution in [0.15, 0.2) is 0 Å².